The van der Waals surface area contributed by atoms with Gasteiger partial charge in [-0.1, -0.05) is 36.6 Å². The summed E-state index contributed by atoms with van der Waals surface area (Å²) in [7, 11) is -3.20. The number of unbranched alkanes of at least 4 members (excludes halogenated alkanes) is 3. The van der Waals surface area contributed by atoms with Gasteiger partial charge in [0.1, 0.15) is 6.61 Å². The first kappa shape index (κ1) is 29.6. The molecule has 0 saturated heterocycles. The molecule has 1 aliphatic carbocycles. The molecule has 5 atom stereocenters. The van der Waals surface area contributed by atoms with E-state index in [1.807, 2.05) is 0 Å². The van der Waals surface area contributed by atoms with Crippen LogP contribution in [0, 0.1) is 17.7 Å². The summed E-state index contributed by atoms with van der Waals surface area (Å²) >= 11 is 0. The molecule has 1 aliphatic rings. The van der Waals surface area contributed by atoms with Gasteiger partial charge in [-0.25, -0.2) is 4.39 Å². The maximum atomic E-state index is 13.6. The molecule has 176 valence electrons. The topological polar surface area (TPSA) is 122 Å². The van der Waals surface area contributed by atoms with Crippen LogP contribution in [-0.2, 0) is 4.57 Å². The quantitative estimate of drug-likeness (QED) is 0.123. The van der Waals surface area contributed by atoms with E-state index in [0.29, 0.717) is 31.4 Å². The Kier molecular flexibility index (Phi) is 13.6. The third kappa shape index (κ3) is 10.2. The fourth-order valence-corrected chi connectivity index (χ4v) is 5.06. The number of nitrogens with zero attached hydrogens (tertiary/aromatic N) is 1. The van der Waals surface area contributed by atoms with Crippen LogP contribution >= 0.6 is 7.37 Å². The maximum Gasteiger partial charge on any atom is 1.00 e. The minimum Gasteiger partial charge on any atom is -0.799 e. The Labute approximate surface area is 211 Å². The van der Waals surface area contributed by atoms with Gasteiger partial charge in [0.05, 0.1) is 17.9 Å². The van der Waals surface area contributed by atoms with Crippen LogP contribution in [0.1, 0.15) is 51.4 Å². The number of aliphatic hydroxyl groups is 2. The molecule has 0 aliphatic heterocycles. The number of ether oxygens (including phenoxy) is 1. The molecule has 1 saturated carbocycles. The van der Waals surface area contributed by atoms with Gasteiger partial charge >= 0.3 is 29.6 Å². The molecule has 5 unspecified atom stereocenters. The third-order valence-electron chi connectivity index (χ3n) is 5.92. The van der Waals surface area contributed by atoms with Crippen LogP contribution in [0.2, 0.25) is 0 Å². The summed E-state index contributed by atoms with van der Waals surface area (Å²) in [4.78, 5) is 11.2. The Morgan fingerprint density at radius 1 is 1.25 bits per heavy atom. The molecular formula is C22H34FNNaO6P. The molecule has 1 aromatic rings. The SMILES string of the molecule is CP(=O)([O-])CCCCCCC1C(O)C/C(=N/O)C1CCC(O)COc1ccccc1F.[Na+]. The number of para-hydroxylation sites is 1. The van der Waals surface area contributed by atoms with E-state index >= 15 is 0 Å². The molecule has 0 spiro atoms. The minimum absolute atomic E-state index is 0. The Morgan fingerprint density at radius 3 is 2.59 bits per heavy atom. The van der Waals surface area contributed by atoms with Crippen LogP contribution < -0.4 is 39.2 Å². The zero-order valence-electron chi connectivity index (χ0n) is 19.0. The Bertz CT molecular complexity index is 762. The molecule has 1 fully saturated rings. The average Bonchev–Trinajstić information content (AvgIpc) is 3.02. The Morgan fingerprint density at radius 2 is 1.94 bits per heavy atom. The molecule has 0 heterocycles. The van der Waals surface area contributed by atoms with Gasteiger partial charge in [-0.3, -0.25) is 0 Å². The largest absolute Gasteiger partial charge is 1.00 e. The van der Waals surface area contributed by atoms with Gasteiger partial charge in [-0.15, -0.1) is 0 Å². The molecule has 0 bridgehead atoms. The van der Waals surface area contributed by atoms with Crippen LogP contribution in [0.3, 0.4) is 0 Å². The zero-order valence-corrected chi connectivity index (χ0v) is 21.9. The van der Waals surface area contributed by atoms with Crippen molar-refractivity contribution in [2.75, 3.05) is 19.4 Å². The van der Waals surface area contributed by atoms with E-state index in [0.717, 1.165) is 25.7 Å². The molecule has 1 aromatic carbocycles. The first-order valence-corrected chi connectivity index (χ1v) is 13.2. The van der Waals surface area contributed by atoms with Crippen LogP contribution in [0.4, 0.5) is 4.39 Å². The van der Waals surface area contributed by atoms with Crippen LogP contribution in [0.25, 0.3) is 0 Å². The van der Waals surface area contributed by atoms with E-state index in [1.165, 1.54) is 18.8 Å². The number of oxime groups is 1. The van der Waals surface area contributed by atoms with Crippen LogP contribution in [0.15, 0.2) is 29.4 Å². The van der Waals surface area contributed by atoms with Crippen molar-refractivity contribution in [3.63, 3.8) is 0 Å². The molecular weight excluding hydrogens is 447 g/mol. The molecule has 0 aromatic heterocycles. The number of rotatable bonds is 13. The first-order chi connectivity index (χ1) is 14.7. The van der Waals surface area contributed by atoms with Gasteiger partial charge < -0.3 is 29.6 Å². The fraction of sp³-hybridized carbons (Fsp3) is 0.682. The molecule has 0 radical (unpaired) electrons. The second kappa shape index (κ2) is 14.7. The van der Waals surface area contributed by atoms with E-state index in [1.54, 1.807) is 12.1 Å². The summed E-state index contributed by atoms with van der Waals surface area (Å²) in [5.41, 5.74) is 0.540. The Balaban J connectivity index is 0.00000512. The van der Waals surface area contributed by atoms with E-state index in [9.17, 15) is 29.3 Å². The number of benzene rings is 1. The van der Waals surface area contributed by atoms with Gasteiger partial charge in [-0.2, -0.15) is 0 Å². The standard InChI is InChI=1S/C22H35FNO6P.Na/c1-31(28,29)13-7-3-2-4-8-18-17(20(24-27)14-21(18)26)12-11-16(25)15-30-22-10-6-5-9-19(22)23;/h5-6,9-10,16-18,21,25-27H,2-4,7-8,11-15H2,1H3,(H,28,29);/q;+1/p-1/b24-20-;. The normalized spacial score (nSPS) is 24.7. The van der Waals surface area contributed by atoms with E-state index in [4.69, 9.17) is 4.74 Å². The van der Waals surface area contributed by atoms with Crippen LogP contribution in [-0.4, -0.2) is 52.8 Å². The van der Waals surface area contributed by atoms with Crippen molar-refractivity contribution in [3.8, 4) is 5.75 Å². The molecule has 10 heteroatoms. The second-order valence-electron chi connectivity index (χ2n) is 8.55. The summed E-state index contributed by atoms with van der Waals surface area (Å²) in [6.07, 6.45) is 3.95. The Hall–Kier alpha value is -0.470. The van der Waals surface area contributed by atoms with Gasteiger partial charge in [0, 0.05) is 19.7 Å². The smallest absolute Gasteiger partial charge is 0.799 e. The van der Waals surface area contributed by atoms with Gasteiger partial charge in [0.2, 0.25) is 0 Å². The monoisotopic (exact) mass is 481 g/mol. The number of hydrogen-bond acceptors (Lipinski definition) is 7. The van der Waals surface area contributed by atoms with Crippen LogP contribution in [0.5, 0.6) is 5.75 Å². The van der Waals surface area contributed by atoms with Crippen molar-refractivity contribution in [1.29, 1.82) is 0 Å². The van der Waals surface area contributed by atoms with Crippen molar-refractivity contribution < 1.29 is 63.6 Å². The maximum absolute atomic E-state index is 13.6. The van der Waals surface area contributed by atoms with Crippen molar-refractivity contribution in [2.45, 2.75) is 63.6 Å². The molecule has 0 amide bonds. The predicted octanol–water partition coefficient (Wildman–Crippen LogP) is 0.396. The van der Waals surface area contributed by atoms with E-state index in [2.05, 4.69) is 5.16 Å². The van der Waals surface area contributed by atoms with Gasteiger partial charge in [-0.05, 0) is 56.6 Å². The van der Waals surface area contributed by atoms with Gasteiger partial charge in [0.25, 0.3) is 0 Å². The summed E-state index contributed by atoms with van der Waals surface area (Å²) in [5.74, 6) is -0.604. The number of hydrogen-bond donors (Lipinski definition) is 3. The minimum atomic E-state index is -3.20. The molecule has 3 N–H and O–H groups in total. The summed E-state index contributed by atoms with van der Waals surface area (Å²) < 4.78 is 30.2. The fourth-order valence-electron chi connectivity index (χ4n) is 4.26. The summed E-state index contributed by atoms with van der Waals surface area (Å²) in [6.45, 7) is 1.21. The zero-order chi connectivity index (χ0) is 22.9. The number of halogens is 1. The second-order valence-corrected chi connectivity index (χ2v) is 11.0. The number of aliphatic hydroxyl groups excluding tert-OH is 2. The average molecular weight is 481 g/mol. The predicted molar refractivity (Wildman–Crippen MR) is 115 cm³/mol. The molecule has 2 rings (SSSR count). The molecule has 32 heavy (non-hydrogen) atoms. The van der Waals surface area contributed by atoms with Gasteiger partial charge in [0.15, 0.2) is 11.6 Å². The first-order valence-electron chi connectivity index (χ1n) is 10.9. The van der Waals surface area contributed by atoms with Crippen molar-refractivity contribution in [3.05, 3.63) is 30.1 Å². The van der Waals surface area contributed by atoms with Crippen molar-refractivity contribution in [1.82, 2.24) is 0 Å². The van der Waals surface area contributed by atoms with E-state index in [-0.39, 0.29) is 59.9 Å². The van der Waals surface area contributed by atoms with E-state index < -0.39 is 25.4 Å². The van der Waals surface area contributed by atoms with Crippen molar-refractivity contribution in [2.24, 2.45) is 17.0 Å². The summed E-state index contributed by atoms with van der Waals surface area (Å²) in [5, 5.41) is 33.4. The molecule has 7 nitrogen and oxygen atoms in total. The summed E-state index contributed by atoms with van der Waals surface area (Å²) in [6, 6.07) is 6.00. The van der Waals surface area contributed by atoms with Crippen molar-refractivity contribution >= 4 is 13.1 Å². The third-order valence-corrected chi connectivity index (χ3v) is 7.04.